The van der Waals surface area contributed by atoms with Gasteiger partial charge in [-0.25, -0.2) is 0 Å². The number of halogens is 2. The van der Waals surface area contributed by atoms with Gasteiger partial charge >= 0.3 is 0 Å². The van der Waals surface area contributed by atoms with Crippen molar-refractivity contribution < 1.29 is 4.74 Å². The van der Waals surface area contributed by atoms with Gasteiger partial charge in [-0.05, 0) is 31.0 Å². The van der Waals surface area contributed by atoms with Crippen LogP contribution in [0.3, 0.4) is 0 Å². The van der Waals surface area contributed by atoms with Crippen LogP contribution in [0.15, 0.2) is 24.3 Å². The minimum atomic E-state index is 0.734. The summed E-state index contributed by atoms with van der Waals surface area (Å²) in [5.41, 5.74) is 0. The van der Waals surface area contributed by atoms with E-state index in [1.54, 1.807) is 0 Å². The molecule has 0 atom stereocenters. The Morgan fingerprint density at radius 2 is 1.71 bits per heavy atom. The van der Waals surface area contributed by atoms with Crippen molar-refractivity contribution in [2.24, 2.45) is 0 Å². The van der Waals surface area contributed by atoms with Crippen LogP contribution in [0, 0.1) is 0 Å². The lowest BCUT2D eigenvalue weighted by Gasteiger charge is -2.06. The van der Waals surface area contributed by atoms with Gasteiger partial charge in [0.15, 0.2) is 0 Å². The molecule has 0 saturated carbocycles. The summed E-state index contributed by atoms with van der Waals surface area (Å²) in [5, 5.41) is 1.86. The van der Waals surface area contributed by atoms with E-state index in [4.69, 9.17) is 16.3 Å². The molecule has 0 saturated heterocycles. The maximum Gasteiger partial charge on any atom is 0.120 e. The molecule has 1 rings (SSSR count). The molecule has 1 aromatic rings. The first kappa shape index (κ1) is 14.8. The van der Waals surface area contributed by atoms with Gasteiger partial charge in [0.1, 0.15) is 5.75 Å². The van der Waals surface area contributed by atoms with Crippen LogP contribution in [0.1, 0.15) is 38.5 Å². The topological polar surface area (TPSA) is 9.23 Å². The van der Waals surface area contributed by atoms with Crippen LogP contribution in [-0.4, -0.2) is 11.9 Å². The monoisotopic (exact) mass is 318 g/mol. The highest BCUT2D eigenvalue weighted by Crippen LogP contribution is 2.17. The van der Waals surface area contributed by atoms with Crippen molar-refractivity contribution in [3.63, 3.8) is 0 Å². The Morgan fingerprint density at radius 1 is 1.00 bits per heavy atom. The standard InChI is InChI=1S/C14H20BrClO/c15-10-5-3-1-2-4-6-11-17-14-9-7-8-13(16)12-14/h7-9,12H,1-6,10-11H2. The van der Waals surface area contributed by atoms with Crippen molar-refractivity contribution in [2.45, 2.75) is 38.5 Å². The lowest BCUT2D eigenvalue weighted by molar-refractivity contribution is 0.304. The van der Waals surface area contributed by atoms with Crippen LogP contribution in [0.4, 0.5) is 0 Å². The van der Waals surface area contributed by atoms with Crippen molar-refractivity contribution in [3.8, 4) is 5.75 Å². The van der Waals surface area contributed by atoms with E-state index in [2.05, 4.69) is 15.9 Å². The molecule has 0 amide bonds. The molecule has 0 aromatic heterocycles. The first-order chi connectivity index (χ1) is 8.33. The summed E-state index contributed by atoms with van der Waals surface area (Å²) in [5.74, 6) is 0.872. The predicted octanol–water partition coefficient (Wildman–Crippen LogP) is 5.45. The molecule has 0 fully saturated rings. The normalized spacial score (nSPS) is 10.5. The fraction of sp³-hybridized carbons (Fsp3) is 0.571. The lowest BCUT2D eigenvalue weighted by Crippen LogP contribution is -1.97. The third-order valence-corrected chi connectivity index (χ3v) is 3.39. The molecule has 0 aliphatic rings. The number of alkyl halides is 1. The molecule has 0 spiro atoms. The predicted molar refractivity (Wildman–Crippen MR) is 78.4 cm³/mol. The summed E-state index contributed by atoms with van der Waals surface area (Å²) in [6.07, 6.45) is 7.65. The van der Waals surface area contributed by atoms with Crippen molar-refractivity contribution in [1.82, 2.24) is 0 Å². The minimum absolute atomic E-state index is 0.734. The molecule has 0 bridgehead atoms. The molecule has 3 heteroatoms. The Kier molecular flexibility index (Phi) is 8.55. The van der Waals surface area contributed by atoms with Gasteiger partial charge in [0.05, 0.1) is 6.61 Å². The lowest BCUT2D eigenvalue weighted by atomic mass is 10.1. The van der Waals surface area contributed by atoms with Crippen molar-refractivity contribution in [3.05, 3.63) is 29.3 Å². The zero-order valence-electron chi connectivity index (χ0n) is 10.1. The van der Waals surface area contributed by atoms with Crippen LogP contribution in [0.2, 0.25) is 5.02 Å². The highest BCUT2D eigenvalue weighted by molar-refractivity contribution is 9.09. The van der Waals surface area contributed by atoms with Crippen molar-refractivity contribution >= 4 is 27.5 Å². The van der Waals surface area contributed by atoms with Gasteiger partial charge in [0.25, 0.3) is 0 Å². The molecule has 0 radical (unpaired) electrons. The quantitative estimate of drug-likeness (QED) is 0.434. The van der Waals surface area contributed by atoms with Crippen molar-refractivity contribution in [1.29, 1.82) is 0 Å². The summed E-state index contributed by atoms with van der Waals surface area (Å²) >= 11 is 9.32. The summed E-state index contributed by atoms with van der Waals surface area (Å²) < 4.78 is 5.62. The highest BCUT2D eigenvalue weighted by Gasteiger charge is 1.95. The number of benzene rings is 1. The molecule has 0 heterocycles. The largest absolute Gasteiger partial charge is 0.494 e. The molecular formula is C14H20BrClO. The summed E-state index contributed by atoms with van der Waals surface area (Å²) in [6, 6.07) is 7.58. The summed E-state index contributed by atoms with van der Waals surface area (Å²) in [7, 11) is 0. The minimum Gasteiger partial charge on any atom is -0.494 e. The zero-order chi connectivity index (χ0) is 12.3. The Hall–Kier alpha value is -0.210. The molecule has 1 aromatic carbocycles. The van der Waals surface area contributed by atoms with Gasteiger partial charge in [-0.1, -0.05) is 59.3 Å². The van der Waals surface area contributed by atoms with E-state index in [1.807, 2.05) is 24.3 Å². The second-order valence-corrected chi connectivity index (χ2v) is 5.35. The Morgan fingerprint density at radius 3 is 2.41 bits per heavy atom. The number of unbranched alkanes of at least 4 members (excludes halogenated alkanes) is 5. The van der Waals surface area contributed by atoms with Crippen molar-refractivity contribution in [2.75, 3.05) is 11.9 Å². The zero-order valence-corrected chi connectivity index (χ0v) is 12.5. The second-order valence-electron chi connectivity index (χ2n) is 4.12. The fourth-order valence-corrected chi connectivity index (χ4v) is 2.23. The fourth-order valence-electron chi connectivity index (χ4n) is 1.65. The molecule has 0 aliphatic heterocycles. The third kappa shape index (κ3) is 7.67. The van der Waals surface area contributed by atoms with Gasteiger partial charge < -0.3 is 4.74 Å². The molecule has 96 valence electrons. The van der Waals surface area contributed by atoms with Gasteiger partial charge in [-0.3, -0.25) is 0 Å². The first-order valence-electron chi connectivity index (χ1n) is 6.27. The van der Waals surface area contributed by atoms with E-state index >= 15 is 0 Å². The smallest absolute Gasteiger partial charge is 0.120 e. The Balaban J connectivity index is 1.97. The van der Waals surface area contributed by atoms with Crippen LogP contribution < -0.4 is 4.74 Å². The maximum absolute atomic E-state index is 5.87. The second kappa shape index (κ2) is 9.78. The van der Waals surface area contributed by atoms with E-state index in [0.717, 1.165) is 29.1 Å². The Labute approximate surface area is 118 Å². The van der Waals surface area contributed by atoms with Gasteiger partial charge in [0.2, 0.25) is 0 Å². The van der Waals surface area contributed by atoms with E-state index < -0.39 is 0 Å². The van der Waals surface area contributed by atoms with E-state index in [0.29, 0.717) is 0 Å². The number of rotatable bonds is 9. The van der Waals surface area contributed by atoms with Crippen LogP contribution in [0.5, 0.6) is 5.75 Å². The Bertz CT molecular complexity index is 304. The van der Waals surface area contributed by atoms with E-state index in [1.165, 1.54) is 32.1 Å². The van der Waals surface area contributed by atoms with Crippen LogP contribution >= 0.6 is 27.5 Å². The SMILES string of the molecule is Clc1cccc(OCCCCCCCCBr)c1. The average Bonchev–Trinajstić information content (AvgIpc) is 2.33. The maximum atomic E-state index is 5.87. The average molecular weight is 320 g/mol. The van der Waals surface area contributed by atoms with Gasteiger partial charge in [0, 0.05) is 10.4 Å². The number of ether oxygens (including phenoxy) is 1. The van der Waals surface area contributed by atoms with E-state index in [9.17, 15) is 0 Å². The number of hydrogen-bond acceptors (Lipinski definition) is 1. The molecule has 0 N–H and O–H groups in total. The van der Waals surface area contributed by atoms with Crippen LogP contribution in [0.25, 0.3) is 0 Å². The van der Waals surface area contributed by atoms with Crippen LogP contribution in [-0.2, 0) is 0 Å². The van der Waals surface area contributed by atoms with Gasteiger partial charge in [-0.15, -0.1) is 0 Å². The third-order valence-electron chi connectivity index (χ3n) is 2.59. The molecule has 0 aliphatic carbocycles. The molecular weight excluding hydrogens is 300 g/mol. The van der Waals surface area contributed by atoms with E-state index in [-0.39, 0.29) is 0 Å². The highest BCUT2D eigenvalue weighted by atomic mass is 79.9. The number of hydrogen-bond donors (Lipinski definition) is 0. The first-order valence-corrected chi connectivity index (χ1v) is 7.77. The summed E-state index contributed by atoms with van der Waals surface area (Å²) in [4.78, 5) is 0. The molecule has 0 unspecified atom stereocenters. The molecule has 17 heavy (non-hydrogen) atoms. The van der Waals surface area contributed by atoms with Gasteiger partial charge in [-0.2, -0.15) is 0 Å². The summed E-state index contributed by atoms with van der Waals surface area (Å²) in [6.45, 7) is 0.790. The molecule has 1 nitrogen and oxygen atoms in total.